The summed E-state index contributed by atoms with van der Waals surface area (Å²) in [6.45, 7) is 0.602. The van der Waals surface area contributed by atoms with Crippen molar-refractivity contribution in [1.82, 2.24) is 9.55 Å². The molecule has 0 unspecified atom stereocenters. The molecule has 6 nitrogen and oxygen atoms in total. The molecule has 0 fully saturated rings. The number of hydrogen-bond donors (Lipinski definition) is 1. The molecular weight excluding hydrogens is 662 g/mol. The Balaban J connectivity index is 1.32. The number of benzene rings is 4. The molecule has 4 aromatic carbocycles. The SMILES string of the molecule is COC(=O)CNc1ccc(Cn2cc(-c3ccc(Cl)cc3Cl)nc2/C=C/c2ccc(-c3cccc(OCCCC(F)(F)F)c3)cc2)cc1. The van der Waals surface area contributed by atoms with Crippen LogP contribution >= 0.6 is 23.2 Å². The maximum Gasteiger partial charge on any atom is 0.389 e. The maximum absolute atomic E-state index is 12.4. The number of rotatable bonds is 13. The largest absolute Gasteiger partial charge is 0.494 e. The molecule has 0 atom stereocenters. The molecule has 0 aliphatic heterocycles. The number of methoxy groups -OCH3 is 1. The number of aromatic nitrogens is 2. The highest BCUT2D eigenvalue weighted by Crippen LogP contribution is 2.31. The number of hydrogen-bond acceptors (Lipinski definition) is 5. The first-order valence-electron chi connectivity index (χ1n) is 15.1. The number of nitrogens with one attached hydrogen (secondary N) is 1. The van der Waals surface area contributed by atoms with Gasteiger partial charge in [0.2, 0.25) is 0 Å². The molecule has 0 saturated carbocycles. The summed E-state index contributed by atoms with van der Waals surface area (Å²) in [5.41, 5.74) is 6.06. The summed E-state index contributed by atoms with van der Waals surface area (Å²) in [6, 6.07) is 28.3. The van der Waals surface area contributed by atoms with Crippen LogP contribution < -0.4 is 10.1 Å². The molecule has 0 aliphatic carbocycles. The van der Waals surface area contributed by atoms with E-state index in [2.05, 4.69) is 10.1 Å². The predicted octanol–water partition coefficient (Wildman–Crippen LogP) is 10.0. The van der Waals surface area contributed by atoms with Gasteiger partial charge in [-0.05, 0) is 77.2 Å². The number of carbonyl (C=O) groups is 1. The lowest BCUT2D eigenvalue weighted by Gasteiger charge is -2.10. The number of esters is 1. The number of nitrogens with zero attached hydrogens (tertiary/aromatic N) is 2. The van der Waals surface area contributed by atoms with E-state index in [0.717, 1.165) is 33.5 Å². The van der Waals surface area contributed by atoms with E-state index in [1.165, 1.54) is 7.11 Å². The summed E-state index contributed by atoms with van der Waals surface area (Å²) >= 11 is 12.7. The van der Waals surface area contributed by atoms with E-state index in [-0.39, 0.29) is 25.5 Å². The van der Waals surface area contributed by atoms with E-state index in [0.29, 0.717) is 33.9 Å². The van der Waals surface area contributed by atoms with Crippen LogP contribution in [0, 0.1) is 0 Å². The number of carbonyl (C=O) groups excluding carboxylic acids is 1. The zero-order valence-corrected chi connectivity index (χ0v) is 27.4. The average Bonchev–Trinajstić information content (AvgIpc) is 3.47. The second-order valence-electron chi connectivity index (χ2n) is 10.9. The number of ether oxygens (including phenoxy) is 2. The van der Waals surface area contributed by atoms with Crippen LogP contribution in [0.25, 0.3) is 34.5 Å². The molecule has 1 aromatic heterocycles. The van der Waals surface area contributed by atoms with E-state index < -0.39 is 12.6 Å². The van der Waals surface area contributed by atoms with Crippen LogP contribution in [-0.4, -0.2) is 42.0 Å². The van der Waals surface area contributed by atoms with Crippen LogP contribution in [0.1, 0.15) is 29.8 Å². The molecule has 0 amide bonds. The van der Waals surface area contributed by atoms with Gasteiger partial charge in [0.05, 0.1) is 24.4 Å². The number of anilines is 1. The molecule has 0 bridgehead atoms. The Morgan fingerprint density at radius 3 is 2.42 bits per heavy atom. The smallest absolute Gasteiger partial charge is 0.389 e. The lowest BCUT2D eigenvalue weighted by atomic mass is 10.0. The Hall–Kier alpha value is -4.73. The van der Waals surface area contributed by atoms with E-state index in [1.807, 2.05) is 95.7 Å². The molecule has 48 heavy (non-hydrogen) atoms. The molecule has 5 aromatic rings. The predicted molar refractivity (Wildman–Crippen MR) is 185 cm³/mol. The lowest BCUT2D eigenvalue weighted by molar-refractivity contribution is -0.138. The van der Waals surface area contributed by atoms with Crippen LogP contribution in [0.2, 0.25) is 10.0 Å². The molecule has 0 spiro atoms. The molecular formula is C37H32Cl2F3N3O3. The van der Waals surface area contributed by atoms with Crippen LogP contribution in [0.5, 0.6) is 5.75 Å². The van der Waals surface area contributed by atoms with Crippen LogP contribution in [0.3, 0.4) is 0 Å². The molecule has 5 rings (SSSR count). The number of imidazole rings is 1. The molecule has 11 heteroatoms. The van der Waals surface area contributed by atoms with Crippen molar-refractivity contribution in [3.05, 3.63) is 124 Å². The van der Waals surface area contributed by atoms with Crippen molar-refractivity contribution < 1.29 is 27.4 Å². The van der Waals surface area contributed by atoms with Gasteiger partial charge in [0.1, 0.15) is 18.1 Å². The van der Waals surface area contributed by atoms with Crippen molar-refractivity contribution >= 4 is 47.0 Å². The van der Waals surface area contributed by atoms with Crippen molar-refractivity contribution in [3.8, 4) is 28.1 Å². The Morgan fingerprint density at radius 1 is 0.938 bits per heavy atom. The highest BCUT2D eigenvalue weighted by atomic mass is 35.5. The fourth-order valence-corrected chi connectivity index (χ4v) is 5.38. The third-order valence-electron chi connectivity index (χ3n) is 7.36. The Bertz CT molecular complexity index is 1870. The lowest BCUT2D eigenvalue weighted by Crippen LogP contribution is -2.14. The minimum atomic E-state index is -4.19. The summed E-state index contributed by atoms with van der Waals surface area (Å²) in [4.78, 5) is 16.4. The minimum Gasteiger partial charge on any atom is -0.494 e. The van der Waals surface area contributed by atoms with Gasteiger partial charge in [-0.15, -0.1) is 0 Å². The number of halogens is 5. The average molecular weight is 695 g/mol. The van der Waals surface area contributed by atoms with Gasteiger partial charge >= 0.3 is 12.1 Å². The fourth-order valence-electron chi connectivity index (χ4n) is 4.87. The zero-order valence-electron chi connectivity index (χ0n) is 25.9. The maximum atomic E-state index is 12.4. The first kappa shape index (κ1) is 34.6. The monoisotopic (exact) mass is 693 g/mol. The normalized spacial score (nSPS) is 11.5. The Morgan fingerprint density at radius 2 is 1.71 bits per heavy atom. The van der Waals surface area contributed by atoms with Gasteiger partial charge in [0, 0.05) is 35.4 Å². The minimum absolute atomic E-state index is 0.00599. The van der Waals surface area contributed by atoms with Gasteiger partial charge in [0.25, 0.3) is 0 Å². The molecule has 0 saturated heterocycles. The van der Waals surface area contributed by atoms with Crippen molar-refractivity contribution in [1.29, 1.82) is 0 Å². The van der Waals surface area contributed by atoms with E-state index >= 15 is 0 Å². The molecule has 0 aliphatic rings. The van der Waals surface area contributed by atoms with E-state index in [9.17, 15) is 18.0 Å². The van der Waals surface area contributed by atoms with E-state index in [1.54, 1.807) is 18.2 Å². The van der Waals surface area contributed by atoms with E-state index in [4.69, 9.17) is 32.9 Å². The van der Waals surface area contributed by atoms with Gasteiger partial charge in [0.15, 0.2) is 0 Å². The van der Waals surface area contributed by atoms with Crippen molar-refractivity contribution in [2.75, 3.05) is 25.6 Å². The summed E-state index contributed by atoms with van der Waals surface area (Å²) in [5, 5.41) is 4.06. The highest BCUT2D eigenvalue weighted by Gasteiger charge is 2.26. The fraction of sp³-hybridized carbons (Fsp3) is 0.189. The Labute approximate surface area is 286 Å². The second-order valence-corrected chi connectivity index (χ2v) is 11.8. The van der Waals surface area contributed by atoms with Crippen LogP contribution in [-0.2, 0) is 16.1 Å². The van der Waals surface area contributed by atoms with Crippen molar-refractivity contribution in [2.45, 2.75) is 25.6 Å². The van der Waals surface area contributed by atoms with Gasteiger partial charge in [-0.3, -0.25) is 4.79 Å². The first-order valence-corrected chi connectivity index (χ1v) is 15.8. The summed E-state index contributed by atoms with van der Waals surface area (Å²) in [6.07, 6.45) is 0.692. The summed E-state index contributed by atoms with van der Waals surface area (Å²) < 4.78 is 49.6. The third-order valence-corrected chi connectivity index (χ3v) is 7.91. The Kier molecular flexibility index (Phi) is 11.5. The molecule has 1 N–H and O–H groups in total. The van der Waals surface area contributed by atoms with Crippen LogP contribution in [0.4, 0.5) is 18.9 Å². The topological polar surface area (TPSA) is 65.4 Å². The zero-order chi connectivity index (χ0) is 34.1. The highest BCUT2D eigenvalue weighted by molar-refractivity contribution is 6.36. The standard InChI is InChI=1S/C37H32Cl2F3N3O3/c1-47-36(46)22-43-30-14-8-26(9-15-30)23-45-24-34(32-16-13-29(38)21-33(32)39)44-35(45)17-10-25-6-11-27(12-7-25)28-4-2-5-31(20-28)48-19-3-18-37(40,41)42/h2,4-17,20-21,24,43H,3,18-19,22-23H2,1H3/b17-10+. The first-order chi connectivity index (χ1) is 23.1. The molecule has 1 heterocycles. The molecule has 248 valence electrons. The van der Waals surface area contributed by atoms with Gasteiger partial charge in [-0.1, -0.05) is 77.8 Å². The van der Waals surface area contributed by atoms with Crippen molar-refractivity contribution in [3.63, 3.8) is 0 Å². The molecule has 0 radical (unpaired) electrons. The van der Waals surface area contributed by atoms with Gasteiger partial charge in [-0.25, -0.2) is 4.98 Å². The third kappa shape index (κ3) is 9.89. The second kappa shape index (κ2) is 15.9. The van der Waals surface area contributed by atoms with Crippen LogP contribution in [0.15, 0.2) is 97.2 Å². The van der Waals surface area contributed by atoms with Crippen molar-refractivity contribution in [2.24, 2.45) is 0 Å². The summed E-state index contributed by atoms with van der Waals surface area (Å²) in [7, 11) is 1.35. The number of alkyl halides is 3. The quantitative estimate of drug-likeness (QED) is 0.0982. The van der Waals surface area contributed by atoms with Gasteiger partial charge < -0.3 is 19.4 Å². The van der Waals surface area contributed by atoms with Gasteiger partial charge in [-0.2, -0.15) is 13.2 Å². The summed E-state index contributed by atoms with van der Waals surface area (Å²) in [5.74, 6) is 0.884.